The highest BCUT2D eigenvalue weighted by atomic mass is 79.9. The van der Waals surface area contributed by atoms with Crippen LogP contribution in [0, 0.1) is 18.6 Å². The van der Waals surface area contributed by atoms with Gasteiger partial charge in [0.05, 0.1) is 10.4 Å². The van der Waals surface area contributed by atoms with Gasteiger partial charge in [0.15, 0.2) is 0 Å². The van der Waals surface area contributed by atoms with Crippen LogP contribution in [0.4, 0.5) is 22.0 Å². The highest BCUT2D eigenvalue weighted by molar-refractivity contribution is 9.09. The van der Waals surface area contributed by atoms with E-state index in [1.807, 2.05) is 0 Å². The molecule has 0 heterocycles. The first-order valence-electron chi connectivity index (χ1n) is 5.97. The van der Waals surface area contributed by atoms with Crippen molar-refractivity contribution in [3.63, 3.8) is 0 Å². The summed E-state index contributed by atoms with van der Waals surface area (Å²) in [5.41, 5.74) is -0.540. The molecule has 112 valence electrons. The van der Waals surface area contributed by atoms with Gasteiger partial charge in [-0.25, -0.2) is 8.78 Å². The molecule has 2 aromatic carbocycles. The molecule has 0 radical (unpaired) electrons. The molecule has 0 saturated carbocycles. The first-order chi connectivity index (χ1) is 9.70. The van der Waals surface area contributed by atoms with E-state index in [0.29, 0.717) is 0 Å². The van der Waals surface area contributed by atoms with Crippen LogP contribution in [-0.2, 0) is 6.18 Å². The molecule has 0 fully saturated rings. The molecular weight excluding hydrogens is 355 g/mol. The molecule has 6 heteroatoms. The van der Waals surface area contributed by atoms with E-state index in [2.05, 4.69) is 15.9 Å². The van der Waals surface area contributed by atoms with E-state index in [-0.39, 0.29) is 16.7 Å². The predicted octanol–water partition coefficient (Wildman–Crippen LogP) is 5.78. The van der Waals surface area contributed by atoms with E-state index in [0.717, 1.165) is 24.3 Å². The third kappa shape index (κ3) is 3.43. The normalized spacial score (nSPS) is 13.3. The zero-order chi connectivity index (χ0) is 15.8. The van der Waals surface area contributed by atoms with Gasteiger partial charge in [-0.05, 0) is 36.2 Å². The molecule has 0 aliphatic carbocycles. The molecule has 0 saturated heterocycles. The third-order valence-electron chi connectivity index (χ3n) is 3.06. The lowest BCUT2D eigenvalue weighted by atomic mass is 10.0. The lowest BCUT2D eigenvalue weighted by Gasteiger charge is -2.15. The lowest BCUT2D eigenvalue weighted by molar-refractivity contribution is -0.137. The Balaban J connectivity index is 2.45. The number of alkyl halides is 4. The summed E-state index contributed by atoms with van der Waals surface area (Å²) in [6.07, 6.45) is -4.49. The zero-order valence-corrected chi connectivity index (χ0v) is 12.4. The van der Waals surface area contributed by atoms with Crippen molar-refractivity contribution in [2.24, 2.45) is 0 Å². The van der Waals surface area contributed by atoms with Crippen LogP contribution in [0.1, 0.15) is 27.1 Å². The number of aryl methyl sites for hydroxylation is 1. The Morgan fingerprint density at radius 1 is 1.00 bits per heavy atom. The summed E-state index contributed by atoms with van der Waals surface area (Å²) in [5.74, 6) is -1.28. The highest BCUT2D eigenvalue weighted by Gasteiger charge is 2.31. The molecule has 1 unspecified atom stereocenters. The number of halogens is 6. The van der Waals surface area contributed by atoms with Crippen LogP contribution in [0.3, 0.4) is 0 Å². The Bertz CT molecular complexity index is 664. The molecule has 2 aromatic rings. The van der Waals surface area contributed by atoms with Gasteiger partial charge in [0.1, 0.15) is 11.6 Å². The van der Waals surface area contributed by atoms with Crippen LogP contribution in [0.5, 0.6) is 0 Å². The largest absolute Gasteiger partial charge is 0.416 e. The van der Waals surface area contributed by atoms with Crippen LogP contribution >= 0.6 is 15.9 Å². The van der Waals surface area contributed by atoms with Gasteiger partial charge in [0.25, 0.3) is 0 Å². The smallest absolute Gasteiger partial charge is 0.207 e. The van der Waals surface area contributed by atoms with Gasteiger partial charge in [-0.1, -0.05) is 34.1 Å². The maximum atomic E-state index is 13.9. The van der Waals surface area contributed by atoms with E-state index in [1.54, 1.807) is 0 Å². The fourth-order valence-electron chi connectivity index (χ4n) is 1.91. The second-order valence-electron chi connectivity index (χ2n) is 4.61. The molecule has 0 aliphatic rings. The molecule has 1 atom stereocenters. The Morgan fingerprint density at radius 3 is 2.29 bits per heavy atom. The molecule has 2 rings (SSSR count). The van der Waals surface area contributed by atoms with E-state index >= 15 is 0 Å². The quantitative estimate of drug-likeness (QED) is 0.468. The molecule has 21 heavy (non-hydrogen) atoms. The van der Waals surface area contributed by atoms with Gasteiger partial charge in [0.2, 0.25) is 0 Å². The maximum Gasteiger partial charge on any atom is 0.416 e. The summed E-state index contributed by atoms with van der Waals surface area (Å²) in [5, 5.41) is 0. The SMILES string of the molecule is Cc1cc(F)c(C(Br)c2cccc(C(F)(F)F)c2)cc1F. The summed E-state index contributed by atoms with van der Waals surface area (Å²) < 4.78 is 65.5. The minimum atomic E-state index is -4.49. The standard InChI is InChI=1S/C15H10BrF5/c1-8-5-13(18)11(7-12(8)17)14(16)9-3-2-4-10(6-9)15(19,20)21/h2-7,14H,1H3. The molecule has 0 amide bonds. The van der Waals surface area contributed by atoms with Crippen molar-refractivity contribution in [1.82, 2.24) is 0 Å². The van der Waals surface area contributed by atoms with Crippen molar-refractivity contribution < 1.29 is 22.0 Å². The number of benzene rings is 2. The van der Waals surface area contributed by atoms with Gasteiger partial charge in [-0.3, -0.25) is 0 Å². The van der Waals surface area contributed by atoms with Crippen molar-refractivity contribution in [1.29, 1.82) is 0 Å². The van der Waals surface area contributed by atoms with E-state index < -0.39 is 28.2 Å². The predicted molar refractivity (Wildman–Crippen MR) is 73.3 cm³/mol. The molecule has 0 aromatic heterocycles. The van der Waals surface area contributed by atoms with E-state index in [9.17, 15) is 22.0 Å². The molecule has 0 spiro atoms. The molecule has 0 nitrogen and oxygen atoms in total. The van der Waals surface area contributed by atoms with Gasteiger partial charge < -0.3 is 0 Å². The van der Waals surface area contributed by atoms with Crippen LogP contribution in [0.15, 0.2) is 36.4 Å². The first kappa shape index (κ1) is 15.9. The van der Waals surface area contributed by atoms with Crippen molar-refractivity contribution >= 4 is 15.9 Å². The minimum Gasteiger partial charge on any atom is -0.207 e. The lowest BCUT2D eigenvalue weighted by Crippen LogP contribution is -2.06. The number of hydrogen-bond acceptors (Lipinski definition) is 0. The fourth-order valence-corrected chi connectivity index (χ4v) is 2.54. The first-order valence-corrected chi connectivity index (χ1v) is 6.88. The Labute approximate surface area is 126 Å². The molecule has 0 aliphatic heterocycles. The summed E-state index contributed by atoms with van der Waals surface area (Å²) in [6.45, 7) is 1.41. The van der Waals surface area contributed by atoms with Gasteiger partial charge in [0, 0.05) is 5.56 Å². The zero-order valence-electron chi connectivity index (χ0n) is 10.8. The summed E-state index contributed by atoms with van der Waals surface area (Å²) in [4.78, 5) is -0.866. The second kappa shape index (κ2) is 5.75. The summed E-state index contributed by atoms with van der Waals surface area (Å²) in [7, 11) is 0. The van der Waals surface area contributed by atoms with Crippen LogP contribution < -0.4 is 0 Å². The van der Waals surface area contributed by atoms with Gasteiger partial charge in [-0.15, -0.1) is 0 Å². The van der Waals surface area contributed by atoms with Crippen molar-refractivity contribution in [2.75, 3.05) is 0 Å². The number of hydrogen-bond donors (Lipinski definition) is 0. The van der Waals surface area contributed by atoms with Crippen LogP contribution in [0.2, 0.25) is 0 Å². The van der Waals surface area contributed by atoms with Crippen molar-refractivity contribution in [3.05, 3.63) is 70.3 Å². The fraction of sp³-hybridized carbons (Fsp3) is 0.200. The molecule has 0 bridgehead atoms. The Hall–Kier alpha value is -1.43. The van der Waals surface area contributed by atoms with Crippen molar-refractivity contribution in [2.45, 2.75) is 17.9 Å². The van der Waals surface area contributed by atoms with Gasteiger partial charge in [-0.2, -0.15) is 13.2 Å². The summed E-state index contributed by atoms with van der Waals surface area (Å²) in [6, 6.07) is 6.50. The Kier molecular flexibility index (Phi) is 4.37. The average Bonchev–Trinajstić information content (AvgIpc) is 2.41. The van der Waals surface area contributed by atoms with E-state index in [4.69, 9.17) is 0 Å². The van der Waals surface area contributed by atoms with Crippen LogP contribution in [-0.4, -0.2) is 0 Å². The third-order valence-corrected chi connectivity index (χ3v) is 4.08. The minimum absolute atomic E-state index is 0.0441. The van der Waals surface area contributed by atoms with Crippen molar-refractivity contribution in [3.8, 4) is 0 Å². The topological polar surface area (TPSA) is 0 Å². The number of rotatable bonds is 2. The highest BCUT2D eigenvalue weighted by Crippen LogP contribution is 2.36. The Morgan fingerprint density at radius 2 is 1.67 bits per heavy atom. The molecule has 0 N–H and O–H groups in total. The molecular formula is C15H10BrF5. The average molecular weight is 365 g/mol. The van der Waals surface area contributed by atoms with Gasteiger partial charge >= 0.3 is 6.18 Å². The van der Waals surface area contributed by atoms with E-state index in [1.165, 1.54) is 19.1 Å². The second-order valence-corrected chi connectivity index (χ2v) is 5.52. The van der Waals surface area contributed by atoms with Crippen LogP contribution in [0.25, 0.3) is 0 Å². The summed E-state index contributed by atoms with van der Waals surface area (Å²) >= 11 is 3.13. The maximum absolute atomic E-state index is 13.9. The monoisotopic (exact) mass is 364 g/mol.